The van der Waals surface area contributed by atoms with Crippen LogP contribution in [0.2, 0.25) is 0 Å². The van der Waals surface area contributed by atoms with Gasteiger partial charge in [0.15, 0.2) is 0 Å². The number of ether oxygens (including phenoxy) is 1. The maximum absolute atomic E-state index is 5.76. The van der Waals surface area contributed by atoms with Crippen LogP contribution in [0.15, 0.2) is 30.3 Å². The summed E-state index contributed by atoms with van der Waals surface area (Å²) < 4.78 is 5.76. The molecule has 0 spiro atoms. The number of hydrogen-bond donors (Lipinski definition) is 0. The summed E-state index contributed by atoms with van der Waals surface area (Å²) in [6.07, 6.45) is 11.7. The fourth-order valence-corrected chi connectivity index (χ4v) is 3.02. The minimum absolute atomic E-state index is 0.389. The van der Waals surface area contributed by atoms with Crippen LogP contribution in [-0.2, 0) is 4.74 Å². The predicted octanol–water partition coefficient (Wildman–Crippen LogP) is 5.64. The van der Waals surface area contributed by atoms with Gasteiger partial charge in [0.25, 0.3) is 0 Å². The molecule has 2 heteroatoms. The quantitative estimate of drug-likeness (QED) is 0.308. The summed E-state index contributed by atoms with van der Waals surface area (Å²) in [7, 11) is 0. The smallest absolute Gasteiger partial charge is 0.109 e. The van der Waals surface area contributed by atoms with E-state index in [1.165, 1.54) is 56.9 Å². The van der Waals surface area contributed by atoms with Crippen LogP contribution in [0.3, 0.4) is 0 Å². The van der Waals surface area contributed by atoms with Crippen LogP contribution in [0.25, 0.3) is 0 Å². The number of rotatable bonds is 10. The Morgan fingerprint density at radius 3 is 2.16 bits per heavy atom. The first-order chi connectivity index (χ1) is 9.42. The summed E-state index contributed by atoms with van der Waals surface area (Å²) >= 11 is 3.48. The third-order valence-electron chi connectivity index (χ3n) is 3.83. The Kier molecular flexibility index (Phi) is 6.94. The van der Waals surface area contributed by atoms with Crippen LogP contribution in [0.4, 0.5) is 0 Å². The van der Waals surface area contributed by atoms with Crippen molar-refractivity contribution in [2.75, 3.05) is 5.33 Å². The van der Waals surface area contributed by atoms with Gasteiger partial charge in [-0.2, -0.15) is 0 Å². The average Bonchev–Trinajstić information content (AvgIpc) is 3.22. The Morgan fingerprint density at radius 2 is 1.47 bits per heavy atom. The molecule has 19 heavy (non-hydrogen) atoms. The largest absolute Gasteiger partial charge is 0.365 e. The SMILES string of the molecule is BrCCCCCCCCCC1OC1c1ccccc1. The van der Waals surface area contributed by atoms with Crippen molar-refractivity contribution in [1.82, 2.24) is 0 Å². The van der Waals surface area contributed by atoms with Crippen LogP contribution in [0, 0.1) is 0 Å². The molecule has 1 aromatic rings. The number of epoxide rings is 1. The lowest BCUT2D eigenvalue weighted by Crippen LogP contribution is -1.90. The molecule has 2 atom stereocenters. The molecule has 0 aliphatic carbocycles. The van der Waals surface area contributed by atoms with E-state index in [0.717, 1.165) is 5.33 Å². The second-order valence-corrected chi connectivity index (χ2v) is 6.25. The predicted molar refractivity (Wildman–Crippen MR) is 84.8 cm³/mol. The van der Waals surface area contributed by atoms with Gasteiger partial charge < -0.3 is 4.74 Å². The van der Waals surface area contributed by atoms with Crippen molar-refractivity contribution in [3.63, 3.8) is 0 Å². The molecule has 1 heterocycles. The van der Waals surface area contributed by atoms with Gasteiger partial charge in [-0.1, -0.05) is 84.8 Å². The van der Waals surface area contributed by atoms with Crippen molar-refractivity contribution < 1.29 is 4.74 Å². The maximum atomic E-state index is 5.76. The molecule has 0 aromatic heterocycles. The molecule has 1 saturated heterocycles. The van der Waals surface area contributed by atoms with Crippen LogP contribution in [-0.4, -0.2) is 11.4 Å². The van der Waals surface area contributed by atoms with Crippen molar-refractivity contribution in [3.8, 4) is 0 Å². The number of unbranched alkanes of at least 4 members (excludes halogenated alkanes) is 6. The Hall–Kier alpha value is -0.340. The molecule has 0 N–H and O–H groups in total. The van der Waals surface area contributed by atoms with Crippen molar-refractivity contribution in [1.29, 1.82) is 0 Å². The molecule has 2 rings (SSSR count). The van der Waals surface area contributed by atoms with Crippen LogP contribution in [0.1, 0.15) is 63.0 Å². The lowest BCUT2D eigenvalue weighted by atomic mass is 10.0. The van der Waals surface area contributed by atoms with Crippen LogP contribution in [0.5, 0.6) is 0 Å². The molecule has 0 radical (unpaired) electrons. The van der Waals surface area contributed by atoms with Crippen molar-refractivity contribution >= 4 is 15.9 Å². The van der Waals surface area contributed by atoms with Gasteiger partial charge in [-0.15, -0.1) is 0 Å². The van der Waals surface area contributed by atoms with Gasteiger partial charge in [0.2, 0.25) is 0 Å². The molecular formula is C17H25BrO. The molecule has 106 valence electrons. The average molecular weight is 325 g/mol. The zero-order valence-corrected chi connectivity index (χ0v) is 13.3. The van der Waals surface area contributed by atoms with Gasteiger partial charge in [-0.25, -0.2) is 0 Å². The zero-order chi connectivity index (χ0) is 13.3. The monoisotopic (exact) mass is 324 g/mol. The van der Waals surface area contributed by atoms with Crippen molar-refractivity contribution in [2.45, 2.75) is 63.6 Å². The zero-order valence-electron chi connectivity index (χ0n) is 11.7. The molecule has 1 fully saturated rings. The molecule has 1 aliphatic rings. The molecule has 0 bridgehead atoms. The van der Waals surface area contributed by atoms with E-state index in [0.29, 0.717) is 12.2 Å². The number of halogens is 1. The third-order valence-corrected chi connectivity index (χ3v) is 4.39. The van der Waals surface area contributed by atoms with E-state index in [-0.39, 0.29) is 0 Å². The molecule has 0 amide bonds. The first kappa shape index (κ1) is 15.1. The lowest BCUT2D eigenvalue weighted by molar-refractivity contribution is 0.360. The molecule has 1 nitrogen and oxygen atoms in total. The van der Waals surface area contributed by atoms with Crippen LogP contribution < -0.4 is 0 Å². The highest BCUT2D eigenvalue weighted by molar-refractivity contribution is 9.09. The fraction of sp³-hybridized carbons (Fsp3) is 0.647. The van der Waals surface area contributed by atoms with E-state index >= 15 is 0 Å². The lowest BCUT2D eigenvalue weighted by Gasteiger charge is -2.00. The van der Waals surface area contributed by atoms with Gasteiger partial charge in [0.1, 0.15) is 6.10 Å². The van der Waals surface area contributed by atoms with E-state index in [1.807, 2.05) is 0 Å². The second kappa shape index (κ2) is 8.76. The summed E-state index contributed by atoms with van der Waals surface area (Å²) in [4.78, 5) is 0. The molecule has 1 aromatic carbocycles. The Labute approximate surface area is 125 Å². The summed E-state index contributed by atoms with van der Waals surface area (Å²) in [5.41, 5.74) is 1.35. The Balaban J connectivity index is 1.45. The number of benzene rings is 1. The van der Waals surface area contributed by atoms with E-state index in [2.05, 4.69) is 46.3 Å². The topological polar surface area (TPSA) is 12.5 Å². The first-order valence-electron chi connectivity index (χ1n) is 7.68. The van der Waals surface area contributed by atoms with Gasteiger partial charge in [0.05, 0.1) is 6.10 Å². The maximum Gasteiger partial charge on any atom is 0.109 e. The standard InChI is InChI=1S/C17H25BrO/c18-14-10-5-3-1-2-4-9-13-16-17(19-16)15-11-7-6-8-12-15/h6-8,11-12,16-17H,1-5,9-10,13-14H2. The highest BCUT2D eigenvalue weighted by Crippen LogP contribution is 2.41. The highest BCUT2D eigenvalue weighted by Gasteiger charge is 2.38. The third kappa shape index (κ3) is 5.66. The fourth-order valence-electron chi connectivity index (χ4n) is 2.62. The van der Waals surface area contributed by atoms with Crippen LogP contribution >= 0.6 is 15.9 Å². The van der Waals surface area contributed by atoms with Crippen molar-refractivity contribution in [3.05, 3.63) is 35.9 Å². The first-order valence-corrected chi connectivity index (χ1v) is 8.80. The van der Waals surface area contributed by atoms with E-state index in [1.54, 1.807) is 0 Å². The minimum atomic E-state index is 0.389. The summed E-state index contributed by atoms with van der Waals surface area (Å²) in [6.45, 7) is 0. The number of hydrogen-bond acceptors (Lipinski definition) is 1. The summed E-state index contributed by atoms with van der Waals surface area (Å²) in [6, 6.07) is 10.6. The van der Waals surface area contributed by atoms with Gasteiger partial charge in [-0.3, -0.25) is 0 Å². The number of alkyl halides is 1. The van der Waals surface area contributed by atoms with E-state index in [9.17, 15) is 0 Å². The second-order valence-electron chi connectivity index (χ2n) is 5.46. The summed E-state index contributed by atoms with van der Waals surface area (Å²) in [5, 5.41) is 1.16. The Bertz CT molecular complexity index is 338. The normalized spacial score (nSPS) is 21.5. The minimum Gasteiger partial charge on any atom is -0.365 e. The summed E-state index contributed by atoms with van der Waals surface area (Å²) in [5.74, 6) is 0. The van der Waals surface area contributed by atoms with Gasteiger partial charge in [-0.05, 0) is 18.4 Å². The molecular weight excluding hydrogens is 300 g/mol. The highest BCUT2D eigenvalue weighted by atomic mass is 79.9. The van der Waals surface area contributed by atoms with E-state index < -0.39 is 0 Å². The Morgan fingerprint density at radius 1 is 0.842 bits per heavy atom. The van der Waals surface area contributed by atoms with Gasteiger partial charge in [0, 0.05) is 5.33 Å². The van der Waals surface area contributed by atoms with Gasteiger partial charge >= 0.3 is 0 Å². The van der Waals surface area contributed by atoms with E-state index in [4.69, 9.17) is 4.74 Å². The molecule has 1 aliphatic heterocycles. The molecule has 0 saturated carbocycles. The molecule has 2 unspecified atom stereocenters. The van der Waals surface area contributed by atoms with Crippen molar-refractivity contribution in [2.24, 2.45) is 0 Å².